The average Bonchev–Trinajstić information content (AvgIpc) is 2.24. The van der Waals surface area contributed by atoms with Crippen LogP contribution in [-0.2, 0) is 10.0 Å². The Labute approximate surface area is 101 Å². The van der Waals surface area contributed by atoms with Crippen molar-refractivity contribution in [2.45, 2.75) is 19.4 Å². The van der Waals surface area contributed by atoms with Crippen LogP contribution >= 0.6 is 0 Å². The first-order chi connectivity index (χ1) is 7.92. The predicted octanol–water partition coefficient (Wildman–Crippen LogP) is 1.15. The third kappa shape index (κ3) is 5.25. The smallest absolute Gasteiger partial charge is 0.210 e. The summed E-state index contributed by atoms with van der Waals surface area (Å²) in [6, 6.07) is 6.16. The fourth-order valence-electron chi connectivity index (χ4n) is 1.57. The lowest BCUT2D eigenvalue weighted by molar-refractivity contribution is 0.530. The van der Waals surface area contributed by atoms with Crippen molar-refractivity contribution in [2.24, 2.45) is 5.14 Å². The number of rotatable bonds is 6. The van der Waals surface area contributed by atoms with Crippen LogP contribution in [0.15, 0.2) is 24.3 Å². The SMILES string of the molecule is CCC(NCCS(N)(=O)=O)c1ccc(F)cc1. The normalized spacial score (nSPS) is 13.6. The summed E-state index contributed by atoms with van der Waals surface area (Å²) in [5.41, 5.74) is 0.934. The molecule has 1 aromatic rings. The van der Waals surface area contributed by atoms with Gasteiger partial charge in [-0.15, -0.1) is 0 Å². The van der Waals surface area contributed by atoms with Crippen molar-refractivity contribution in [1.82, 2.24) is 5.32 Å². The lowest BCUT2D eigenvalue weighted by atomic mass is 10.0. The van der Waals surface area contributed by atoms with Gasteiger partial charge in [-0.05, 0) is 24.1 Å². The molecule has 0 bridgehead atoms. The van der Waals surface area contributed by atoms with Crippen molar-refractivity contribution in [3.63, 3.8) is 0 Å². The minimum atomic E-state index is -3.44. The summed E-state index contributed by atoms with van der Waals surface area (Å²) < 4.78 is 34.3. The van der Waals surface area contributed by atoms with Crippen molar-refractivity contribution < 1.29 is 12.8 Å². The maximum atomic E-state index is 12.7. The molecule has 6 heteroatoms. The van der Waals surface area contributed by atoms with E-state index >= 15 is 0 Å². The van der Waals surface area contributed by atoms with E-state index in [-0.39, 0.29) is 24.2 Å². The molecule has 96 valence electrons. The highest BCUT2D eigenvalue weighted by Gasteiger charge is 2.10. The highest BCUT2D eigenvalue weighted by atomic mass is 32.2. The lowest BCUT2D eigenvalue weighted by Crippen LogP contribution is -2.29. The van der Waals surface area contributed by atoms with Gasteiger partial charge in [0.1, 0.15) is 5.82 Å². The Bertz CT molecular complexity index is 445. The zero-order valence-corrected chi connectivity index (χ0v) is 10.5. The summed E-state index contributed by atoms with van der Waals surface area (Å²) in [5, 5.41) is 7.98. The van der Waals surface area contributed by atoms with Gasteiger partial charge in [-0.2, -0.15) is 0 Å². The maximum Gasteiger partial charge on any atom is 0.210 e. The van der Waals surface area contributed by atoms with Crippen molar-refractivity contribution in [2.75, 3.05) is 12.3 Å². The molecule has 0 amide bonds. The van der Waals surface area contributed by atoms with Crippen molar-refractivity contribution in [1.29, 1.82) is 0 Å². The fraction of sp³-hybridized carbons (Fsp3) is 0.455. The van der Waals surface area contributed by atoms with Gasteiger partial charge in [0, 0.05) is 12.6 Å². The average molecular weight is 260 g/mol. The highest BCUT2D eigenvalue weighted by molar-refractivity contribution is 7.89. The van der Waals surface area contributed by atoms with E-state index in [4.69, 9.17) is 5.14 Å². The molecule has 0 aliphatic rings. The van der Waals surface area contributed by atoms with E-state index in [9.17, 15) is 12.8 Å². The molecule has 1 unspecified atom stereocenters. The Kier molecular flexibility index (Phi) is 5.04. The number of primary sulfonamides is 1. The molecule has 0 saturated heterocycles. The molecule has 0 radical (unpaired) electrons. The van der Waals surface area contributed by atoms with E-state index in [1.54, 1.807) is 12.1 Å². The van der Waals surface area contributed by atoms with Gasteiger partial charge in [-0.1, -0.05) is 19.1 Å². The van der Waals surface area contributed by atoms with Crippen LogP contribution in [-0.4, -0.2) is 20.7 Å². The summed E-state index contributed by atoms with van der Waals surface area (Å²) in [5.74, 6) is -0.391. The van der Waals surface area contributed by atoms with E-state index in [1.807, 2.05) is 6.92 Å². The summed E-state index contributed by atoms with van der Waals surface area (Å²) in [6.45, 7) is 2.26. The van der Waals surface area contributed by atoms with Gasteiger partial charge in [0.2, 0.25) is 10.0 Å². The maximum absolute atomic E-state index is 12.7. The molecule has 0 aliphatic carbocycles. The first-order valence-electron chi connectivity index (χ1n) is 5.41. The van der Waals surface area contributed by atoms with Crippen LogP contribution in [0.3, 0.4) is 0 Å². The Morgan fingerprint density at radius 2 is 1.94 bits per heavy atom. The number of nitrogens with one attached hydrogen (secondary N) is 1. The zero-order valence-electron chi connectivity index (χ0n) is 9.69. The van der Waals surface area contributed by atoms with Crippen LogP contribution in [0.5, 0.6) is 0 Å². The second-order valence-electron chi connectivity index (χ2n) is 3.83. The van der Waals surface area contributed by atoms with Crippen molar-refractivity contribution in [3.8, 4) is 0 Å². The van der Waals surface area contributed by atoms with E-state index < -0.39 is 10.0 Å². The lowest BCUT2D eigenvalue weighted by Gasteiger charge is -2.17. The molecule has 1 rings (SSSR count). The third-order valence-corrected chi connectivity index (χ3v) is 3.23. The van der Waals surface area contributed by atoms with Gasteiger partial charge >= 0.3 is 0 Å². The van der Waals surface area contributed by atoms with E-state index in [0.29, 0.717) is 0 Å². The summed E-state index contributed by atoms with van der Waals surface area (Å²) in [4.78, 5) is 0. The molecular formula is C11H17FN2O2S. The number of nitrogens with two attached hydrogens (primary N) is 1. The van der Waals surface area contributed by atoms with Gasteiger partial charge in [0.05, 0.1) is 5.75 Å². The Hall–Kier alpha value is -0.980. The second kappa shape index (κ2) is 6.09. The molecule has 0 aromatic heterocycles. The molecular weight excluding hydrogens is 243 g/mol. The largest absolute Gasteiger partial charge is 0.309 e. The van der Waals surface area contributed by atoms with Gasteiger partial charge < -0.3 is 5.32 Å². The van der Waals surface area contributed by atoms with Crippen molar-refractivity contribution in [3.05, 3.63) is 35.6 Å². The Balaban J connectivity index is 2.57. The monoisotopic (exact) mass is 260 g/mol. The summed E-state index contributed by atoms with van der Waals surface area (Å²) >= 11 is 0. The summed E-state index contributed by atoms with van der Waals surface area (Å²) in [7, 11) is -3.44. The molecule has 0 aliphatic heterocycles. The predicted molar refractivity (Wildman–Crippen MR) is 65.4 cm³/mol. The molecule has 0 fully saturated rings. The standard InChI is InChI=1S/C11H17FN2O2S/c1-2-11(14-7-8-17(13,15)16)9-3-5-10(12)6-4-9/h3-6,11,14H,2,7-8H2,1H3,(H2,13,15,16). The molecule has 0 saturated carbocycles. The van der Waals surface area contributed by atoms with Crippen LogP contribution in [0.2, 0.25) is 0 Å². The van der Waals surface area contributed by atoms with Crippen LogP contribution in [0, 0.1) is 5.82 Å². The Morgan fingerprint density at radius 1 is 1.35 bits per heavy atom. The molecule has 1 atom stereocenters. The number of hydrogen-bond donors (Lipinski definition) is 2. The van der Waals surface area contributed by atoms with Crippen LogP contribution in [0.1, 0.15) is 24.9 Å². The molecule has 1 aromatic carbocycles. The minimum Gasteiger partial charge on any atom is -0.309 e. The fourth-order valence-corrected chi connectivity index (χ4v) is 1.97. The number of benzene rings is 1. The quantitative estimate of drug-likeness (QED) is 0.806. The number of halogens is 1. The highest BCUT2D eigenvalue weighted by Crippen LogP contribution is 2.16. The van der Waals surface area contributed by atoms with E-state index in [2.05, 4.69) is 5.32 Å². The number of hydrogen-bond acceptors (Lipinski definition) is 3. The Morgan fingerprint density at radius 3 is 2.41 bits per heavy atom. The van der Waals surface area contributed by atoms with Crippen LogP contribution < -0.4 is 10.5 Å². The minimum absolute atomic E-state index is 0.0114. The second-order valence-corrected chi connectivity index (χ2v) is 5.57. The van der Waals surface area contributed by atoms with Crippen LogP contribution in [0.4, 0.5) is 4.39 Å². The van der Waals surface area contributed by atoms with Crippen molar-refractivity contribution >= 4 is 10.0 Å². The van der Waals surface area contributed by atoms with Gasteiger partial charge in [0.25, 0.3) is 0 Å². The molecule has 0 spiro atoms. The van der Waals surface area contributed by atoms with Gasteiger partial charge in [-0.25, -0.2) is 17.9 Å². The first-order valence-corrected chi connectivity index (χ1v) is 7.13. The molecule has 4 nitrogen and oxygen atoms in total. The molecule has 3 N–H and O–H groups in total. The van der Waals surface area contributed by atoms with Gasteiger partial charge in [-0.3, -0.25) is 0 Å². The summed E-state index contributed by atoms with van der Waals surface area (Å²) in [6.07, 6.45) is 0.788. The van der Waals surface area contributed by atoms with Crippen LogP contribution in [0.25, 0.3) is 0 Å². The molecule has 17 heavy (non-hydrogen) atoms. The molecule has 0 heterocycles. The zero-order chi connectivity index (χ0) is 12.9. The van der Waals surface area contributed by atoms with Gasteiger partial charge in [0.15, 0.2) is 0 Å². The number of sulfonamides is 1. The van der Waals surface area contributed by atoms with E-state index in [0.717, 1.165) is 12.0 Å². The topological polar surface area (TPSA) is 72.2 Å². The van der Waals surface area contributed by atoms with E-state index in [1.165, 1.54) is 12.1 Å². The first kappa shape index (κ1) is 14.1. The third-order valence-electron chi connectivity index (χ3n) is 2.46.